The van der Waals surface area contributed by atoms with Crippen molar-refractivity contribution in [3.05, 3.63) is 41.9 Å². The second kappa shape index (κ2) is 6.04. The molecule has 0 spiro atoms. The molecule has 0 aliphatic heterocycles. The van der Waals surface area contributed by atoms with E-state index in [0.29, 0.717) is 24.8 Å². The average molecular weight is 258 g/mol. The smallest absolute Gasteiger partial charge is 0.149 e. The first kappa shape index (κ1) is 13.1. The molecule has 0 bridgehead atoms. The lowest BCUT2D eigenvalue weighted by Crippen LogP contribution is -2.06. The summed E-state index contributed by atoms with van der Waals surface area (Å²) in [5, 5.41) is 3.26. The van der Waals surface area contributed by atoms with Crippen LogP contribution < -0.4 is 15.8 Å². The van der Waals surface area contributed by atoms with Crippen molar-refractivity contribution in [3.8, 4) is 5.75 Å². The Hall–Kier alpha value is -2.30. The Morgan fingerprint density at radius 1 is 1.32 bits per heavy atom. The van der Waals surface area contributed by atoms with Gasteiger partial charge in [-0.3, -0.25) is 0 Å². The van der Waals surface area contributed by atoms with Crippen molar-refractivity contribution in [1.82, 2.24) is 9.97 Å². The molecule has 100 valence electrons. The second-order valence-electron chi connectivity index (χ2n) is 4.16. The Balaban J connectivity index is 2.02. The van der Waals surface area contributed by atoms with Crippen LogP contribution in [0.15, 0.2) is 30.5 Å². The van der Waals surface area contributed by atoms with Gasteiger partial charge in [0.25, 0.3) is 0 Å². The summed E-state index contributed by atoms with van der Waals surface area (Å²) >= 11 is 0. The van der Waals surface area contributed by atoms with E-state index in [9.17, 15) is 0 Å². The molecule has 5 heteroatoms. The lowest BCUT2D eigenvalue weighted by Gasteiger charge is -2.10. The molecule has 0 aliphatic rings. The van der Waals surface area contributed by atoms with Gasteiger partial charge in [0.2, 0.25) is 0 Å². The molecule has 0 fully saturated rings. The Kier molecular flexibility index (Phi) is 4.18. The third-order valence-corrected chi connectivity index (χ3v) is 2.65. The molecule has 1 aromatic carbocycles. The summed E-state index contributed by atoms with van der Waals surface area (Å²) in [5.74, 6) is 2.06. The summed E-state index contributed by atoms with van der Waals surface area (Å²) in [4.78, 5) is 8.28. The van der Waals surface area contributed by atoms with Crippen LogP contribution in [-0.2, 0) is 6.54 Å². The van der Waals surface area contributed by atoms with E-state index in [1.807, 2.05) is 32.0 Å². The molecule has 0 saturated heterocycles. The number of nitrogens with one attached hydrogen (secondary N) is 1. The molecule has 0 unspecified atom stereocenters. The van der Waals surface area contributed by atoms with E-state index >= 15 is 0 Å². The van der Waals surface area contributed by atoms with Crippen molar-refractivity contribution in [2.75, 3.05) is 17.7 Å². The van der Waals surface area contributed by atoms with Gasteiger partial charge in [0.05, 0.1) is 13.2 Å². The van der Waals surface area contributed by atoms with Crippen molar-refractivity contribution < 1.29 is 4.74 Å². The van der Waals surface area contributed by atoms with Gasteiger partial charge >= 0.3 is 0 Å². The lowest BCUT2D eigenvalue weighted by atomic mass is 10.2. The van der Waals surface area contributed by atoms with Crippen molar-refractivity contribution in [1.29, 1.82) is 0 Å². The number of aromatic nitrogens is 2. The van der Waals surface area contributed by atoms with Crippen LogP contribution in [0.4, 0.5) is 11.5 Å². The Labute approximate surface area is 112 Å². The van der Waals surface area contributed by atoms with Crippen LogP contribution in [0.3, 0.4) is 0 Å². The summed E-state index contributed by atoms with van der Waals surface area (Å²) in [6, 6.07) is 7.65. The number of aryl methyl sites for hydroxylation is 1. The highest BCUT2D eigenvalue weighted by molar-refractivity contribution is 5.50. The summed E-state index contributed by atoms with van der Waals surface area (Å²) in [6.45, 7) is 5.21. The minimum absolute atomic E-state index is 0.481. The minimum atomic E-state index is 0.481. The summed E-state index contributed by atoms with van der Waals surface area (Å²) < 4.78 is 5.50. The number of nitrogen functional groups attached to an aromatic ring is 1. The van der Waals surface area contributed by atoms with Gasteiger partial charge in [0.1, 0.15) is 17.4 Å². The molecule has 5 nitrogen and oxygen atoms in total. The summed E-state index contributed by atoms with van der Waals surface area (Å²) in [5.41, 5.74) is 7.71. The van der Waals surface area contributed by atoms with Gasteiger partial charge in [-0.15, -0.1) is 0 Å². The Morgan fingerprint density at radius 3 is 2.84 bits per heavy atom. The van der Waals surface area contributed by atoms with Crippen LogP contribution in [0.25, 0.3) is 0 Å². The van der Waals surface area contributed by atoms with E-state index in [-0.39, 0.29) is 0 Å². The fraction of sp³-hybridized carbons (Fsp3) is 0.286. The molecule has 2 aromatic rings. The molecular weight excluding hydrogens is 240 g/mol. The monoisotopic (exact) mass is 258 g/mol. The van der Waals surface area contributed by atoms with E-state index in [2.05, 4.69) is 15.3 Å². The number of ether oxygens (including phenoxy) is 1. The van der Waals surface area contributed by atoms with E-state index in [1.165, 1.54) is 0 Å². The van der Waals surface area contributed by atoms with Crippen LogP contribution in [0.1, 0.15) is 18.3 Å². The van der Waals surface area contributed by atoms with Gasteiger partial charge in [-0.05, 0) is 43.7 Å². The van der Waals surface area contributed by atoms with Gasteiger partial charge in [0, 0.05) is 11.9 Å². The van der Waals surface area contributed by atoms with E-state index in [4.69, 9.17) is 10.5 Å². The molecule has 0 saturated carbocycles. The highest BCUT2D eigenvalue weighted by atomic mass is 16.5. The van der Waals surface area contributed by atoms with Crippen molar-refractivity contribution in [2.45, 2.75) is 20.4 Å². The molecule has 2 rings (SSSR count). The standard InChI is InChI=1S/C14H18N4O/c1-3-19-12-5-4-11(8-10(12)2)17-9-14-16-7-6-13(15)18-14/h4-8,17H,3,9H2,1-2H3,(H2,15,16,18). The van der Waals surface area contributed by atoms with Crippen LogP contribution in [0, 0.1) is 6.92 Å². The third-order valence-electron chi connectivity index (χ3n) is 2.65. The van der Waals surface area contributed by atoms with Gasteiger partial charge in [0.15, 0.2) is 0 Å². The SMILES string of the molecule is CCOc1ccc(NCc2nccc(N)n2)cc1C. The third kappa shape index (κ3) is 3.58. The van der Waals surface area contributed by atoms with E-state index in [1.54, 1.807) is 12.3 Å². The molecular formula is C14H18N4O. The number of hydrogen-bond donors (Lipinski definition) is 2. The Morgan fingerprint density at radius 2 is 2.16 bits per heavy atom. The zero-order chi connectivity index (χ0) is 13.7. The zero-order valence-corrected chi connectivity index (χ0v) is 11.2. The summed E-state index contributed by atoms with van der Waals surface area (Å²) in [6.07, 6.45) is 1.66. The number of hydrogen-bond acceptors (Lipinski definition) is 5. The van der Waals surface area contributed by atoms with Crippen LogP contribution in [0.2, 0.25) is 0 Å². The van der Waals surface area contributed by atoms with Crippen molar-refractivity contribution >= 4 is 11.5 Å². The zero-order valence-electron chi connectivity index (χ0n) is 11.2. The van der Waals surface area contributed by atoms with Gasteiger partial charge < -0.3 is 15.8 Å². The number of nitrogens with zero attached hydrogens (tertiary/aromatic N) is 2. The largest absolute Gasteiger partial charge is 0.494 e. The van der Waals surface area contributed by atoms with Gasteiger partial charge in [-0.1, -0.05) is 0 Å². The first-order valence-electron chi connectivity index (χ1n) is 6.23. The molecule has 19 heavy (non-hydrogen) atoms. The van der Waals surface area contributed by atoms with Crippen LogP contribution >= 0.6 is 0 Å². The number of benzene rings is 1. The molecule has 0 aliphatic carbocycles. The highest BCUT2D eigenvalue weighted by Crippen LogP contribution is 2.22. The predicted molar refractivity (Wildman–Crippen MR) is 76.1 cm³/mol. The maximum atomic E-state index is 5.61. The first-order valence-corrected chi connectivity index (χ1v) is 6.23. The fourth-order valence-corrected chi connectivity index (χ4v) is 1.76. The fourth-order valence-electron chi connectivity index (χ4n) is 1.76. The molecule has 0 atom stereocenters. The topological polar surface area (TPSA) is 73.1 Å². The maximum Gasteiger partial charge on any atom is 0.149 e. The predicted octanol–water partition coefficient (Wildman–Crippen LogP) is 2.38. The summed E-state index contributed by atoms with van der Waals surface area (Å²) in [7, 11) is 0. The van der Waals surface area contributed by atoms with Gasteiger partial charge in [-0.2, -0.15) is 0 Å². The molecule has 0 amide bonds. The lowest BCUT2D eigenvalue weighted by molar-refractivity contribution is 0.338. The Bertz CT molecular complexity index is 557. The molecule has 1 heterocycles. The molecule has 1 aromatic heterocycles. The molecule has 0 radical (unpaired) electrons. The second-order valence-corrected chi connectivity index (χ2v) is 4.16. The first-order chi connectivity index (χ1) is 9.19. The van der Waals surface area contributed by atoms with E-state index < -0.39 is 0 Å². The van der Waals surface area contributed by atoms with Gasteiger partial charge in [-0.25, -0.2) is 9.97 Å². The van der Waals surface area contributed by atoms with E-state index in [0.717, 1.165) is 17.0 Å². The normalized spacial score (nSPS) is 10.2. The highest BCUT2D eigenvalue weighted by Gasteiger charge is 2.02. The molecule has 3 N–H and O–H groups in total. The number of anilines is 2. The average Bonchev–Trinajstić information content (AvgIpc) is 2.39. The quantitative estimate of drug-likeness (QED) is 0.861. The van der Waals surface area contributed by atoms with Crippen LogP contribution in [-0.4, -0.2) is 16.6 Å². The maximum absolute atomic E-state index is 5.61. The minimum Gasteiger partial charge on any atom is -0.494 e. The number of rotatable bonds is 5. The van der Waals surface area contributed by atoms with Crippen molar-refractivity contribution in [3.63, 3.8) is 0 Å². The number of nitrogens with two attached hydrogens (primary N) is 1. The van der Waals surface area contributed by atoms with Crippen molar-refractivity contribution in [2.24, 2.45) is 0 Å². The van der Waals surface area contributed by atoms with Crippen LogP contribution in [0.5, 0.6) is 5.75 Å².